The second-order valence-electron chi connectivity index (χ2n) is 6.96. The minimum Gasteiger partial charge on any atom is -0.325 e. The van der Waals surface area contributed by atoms with E-state index in [0.717, 1.165) is 34.4 Å². The summed E-state index contributed by atoms with van der Waals surface area (Å²) in [7, 11) is 0. The van der Waals surface area contributed by atoms with Gasteiger partial charge in [0.2, 0.25) is 11.8 Å². The number of hydrogen-bond donors (Lipinski definition) is 2. The van der Waals surface area contributed by atoms with Gasteiger partial charge in [0.25, 0.3) is 0 Å². The summed E-state index contributed by atoms with van der Waals surface area (Å²) in [6.45, 7) is 0. The molecule has 0 aliphatic carbocycles. The number of rotatable bonds is 6. The number of nitriles is 1. The maximum Gasteiger partial charge on any atom is 0.417 e. The Morgan fingerprint density at radius 1 is 1.27 bits per heavy atom. The molecule has 172 valence electrons. The van der Waals surface area contributed by atoms with Crippen molar-refractivity contribution in [3.63, 3.8) is 0 Å². The smallest absolute Gasteiger partial charge is 0.325 e. The normalized spacial score (nSPS) is 16.2. The highest BCUT2D eigenvalue weighted by atomic mass is 35.5. The lowest BCUT2D eigenvalue weighted by Crippen LogP contribution is -2.31. The number of thioether (sulfide) groups is 2. The van der Waals surface area contributed by atoms with Crippen LogP contribution in [0, 0.1) is 11.3 Å². The van der Waals surface area contributed by atoms with Gasteiger partial charge in [0.1, 0.15) is 0 Å². The van der Waals surface area contributed by atoms with Gasteiger partial charge in [-0.05, 0) is 42.2 Å². The standard InChI is InChI=1S/C22H17ClF3N3O2S2/c1-32-14-5-2-12(3-6-14)15-9-19(30)29-21(16(15)10-27)33-11-20(31)28-13-4-7-18(23)17(8-13)22(24,25)26/h2-8,15H,9,11H2,1H3,(H,28,31)(H,29,30)/t15-/m1/s1. The van der Waals surface area contributed by atoms with Gasteiger partial charge in [0, 0.05) is 22.9 Å². The lowest BCUT2D eigenvalue weighted by atomic mass is 9.87. The average molecular weight is 512 g/mol. The zero-order chi connectivity index (χ0) is 24.2. The molecule has 1 aliphatic heterocycles. The van der Waals surface area contributed by atoms with Crippen LogP contribution in [0.3, 0.4) is 0 Å². The molecule has 2 aromatic rings. The first-order chi connectivity index (χ1) is 15.6. The summed E-state index contributed by atoms with van der Waals surface area (Å²) < 4.78 is 39.0. The molecule has 1 heterocycles. The van der Waals surface area contributed by atoms with E-state index in [0.29, 0.717) is 5.57 Å². The molecule has 2 aromatic carbocycles. The van der Waals surface area contributed by atoms with Crippen molar-refractivity contribution in [2.75, 3.05) is 17.3 Å². The Labute approximate surface area is 201 Å². The van der Waals surface area contributed by atoms with Crippen molar-refractivity contribution in [2.45, 2.75) is 23.4 Å². The Balaban J connectivity index is 1.74. The first kappa shape index (κ1) is 25.0. The monoisotopic (exact) mass is 511 g/mol. The lowest BCUT2D eigenvalue weighted by molar-refractivity contribution is -0.137. The molecule has 3 rings (SSSR count). The Morgan fingerprint density at radius 2 is 1.97 bits per heavy atom. The van der Waals surface area contributed by atoms with Crippen molar-refractivity contribution < 1.29 is 22.8 Å². The number of anilines is 1. The van der Waals surface area contributed by atoms with Crippen LogP contribution in [0.1, 0.15) is 23.5 Å². The van der Waals surface area contributed by atoms with Crippen LogP contribution in [0.4, 0.5) is 18.9 Å². The van der Waals surface area contributed by atoms with Gasteiger partial charge in [-0.25, -0.2) is 0 Å². The third-order valence-electron chi connectivity index (χ3n) is 4.78. The topological polar surface area (TPSA) is 82.0 Å². The second kappa shape index (κ2) is 10.5. The number of allylic oxidation sites excluding steroid dienone is 1. The number of carbonyl (C=O) groups is 2. The summed E-state index contributed by atoms with van der Waals surface area (Å²) in [5.41, 5.74) is 0.0166. The predicted molar refractivity (Wildman–Crippen MR) is 124 cm³/mol. The fourth-order valence-corrected chi connectivity index (χ4v) is 4.72. The van der Waals surface area contributed by atoms with Gasteiger partial charge in [-0.2, -0.15) is 18.4 Å². The number of benzene rings is 2. The van der Waals surface area contributed by atoms with Crippen LogP contribution in [0.5, 0.6) is 0 Å². The van der Waals surface area contributed by atoms with E-state index in [9.17, 15) is 28.0 Å². The lowest BCUT2D eigenvalue weighted by Gasteiger charge is -2.25. The highest BCUT2D eigenvalue weighted by Gasteiger charge is 2.33. The minimum absolute atomic E-state index is 0.0637. The molecule has 0 bridgehead atoms. The molecule has 2 amide bonds. The largest absolute Gasteiger partial charge is 0.417 e. The van der Waals surface area contributed by atoms with Crippen LogP contribution in [-0.4, -0.2) is 23.8 Å². The van der Waals surface area contributed by atoms with Crippen molar-refractivity contribution in [2.24, 2.45) is 0 Å². The highest BCUT2D eigenvalue weighted by Crippen LogP contribution is 2.37. The maximum absolute atomic E-state index is 13.0. The first-order valence-corrected chi connectivity index (χ1v) is 12.1. The van der Waals surface area contributed by atoms with Gasteiger partial charge in [-0.1, -0.05) is 35.5 Å². The molecular formula is C22H17ClF3N3O2S2. The van der Waals surface area contributed by atoms with Gasteiger partial charge in [0.05, 0.1) is 33.0 Å². The van der Waals surface area contributed by atoms with Gasteiger partial charge < -0.3 is 10.6 Å². The third-order valence-corrected chi connectivity index (χ3v) is 6.87. The molecule has 0 radical (unpaired) electrons. The van der Waals surface area contributed by atoms with Crippen molar-refractivity contribution in [1.82, 2.24) is 5.32 Å². The number of hydrogen-bond acceptors (Lipinski definition) is 5. The zero-order valence-corrected chi connectivity index (χ0v) is 19.5. The molecule has 0 aromatic heterocycles. The van der Waals surface area contributed by atoms with E-state index in [-0.39, 0.29) is 28.8 Å². The summed E-state index contributed by atoms with van der Waals surface area (Å²) in [6.07, 6.45) is -2.62. The SMILES string of the molecule is CSc1ccc([C@H]2CC(=O)NC(SCC(=O)Nc3ccc(Cl)c(C(F)(F)F)c3)=C2C#N)cc1. The molecule has 0 unspecified atom stereocenters. The van der Waals surface area contributed by atoms with Crippen LogP contribution >= 0.6 is 35.1 Å². The number of carbonyl (C=O) groups excluding carboxylic acids is 2. The maximum atomic E-state index is 13.0. The molecule has 1 atom stereocenters. The van der Waals surface area contributed by atoms with E-state index in [2.05, 4.69) is 16.7 Å². The van der Waals surface area contributed by atoms with E-state index in [1.165, 1.54) is 6.07 Å². The summed E-state index contributed by atoms with van der Waals surface area (Å²) in [5, 5.41) is 14.5. The molecule has 33 heavy (non-hydrogen) atoms. The van der Waals surface area contributed by atoms with Gasteiger partial charge >= 0.3 is 6.18 Å². The number of nitrogens with one attached hydrogen (secondary N) is 2. The molecule has 5 nitrogen and oxygen atoms in total. The van der Waals surface area contributed by atoms with E-state index in [1.807, 2.05) is 30.5 Å². The van der Waals surface area contributed by atoms with Crippen molar-refractivity contribution >= 4 is 52.6 Å². The molecule has 0 fully saturated rings. The highest BCUT2D eigenvalue weighted by molar-refractivity contribution is 8.03. The third kappa shape index (κ3) is 6.25. The van der Waals surface area contributed by atoms with E-state index in [4.69, 9.17) is 11.6 Å². The van der Waals surface area contributed by atoms with E-state index >= 15 is 0 Å². The fourth-order valence-electron chi connectivity index (χ4n) is 3.21. The van der Waals surface area contributed by atoms with Crippen molar-refractivity contribution in [3.8, 4) is 6.07 Å². The van der Waals surface area contributed by atoms with Crippen LogP contribution in [0.2, 0.25) is 5.02 Å². The van der Waals surface area contributed by atoms with E-state index < -0.39 is 28.6 Å². The molecule has 11 heteroatoms. The predicted octanol–water partition coefficient (Wildman–Crippen LogP) is 5.79. The summed E-state index contributed by atoms with van der Waals surface area (Å²) in [4.78, 5) is 25.6. The van der Waals surface area contributed by atoms with Gasteiger partial charge in [-0.3, -0.25) is 9.59 Å². The fraction of sp³-hybridized carbons (Fsp3) is 0.227. The van der Waals surface area contributed by atoms with Crippen molar-refractivity contribution in [1.29, 1.82) is 5.26 Å². The zero-order valence-electron chi connectivity index (χ0n) is 17.1. The van der Waals surface area contributed by atoms with Gasteiger partial charge in [-0.15, -0.1) is 11.8 Å². The van der Waals surface area contributed by atoms with Crippen molar-refractivity contribution in [3.05, 3.63) is 69.2 Å². The molecule has 0 saturated carbocycles. The molecule has 1 aliphatic rings. The quantitative estimate of drug-likeness (QED) is 0.480. The summed E-state index contributed by atoms with van der Waals surface area (Å²) >= 11 is 8.10. The Bertz CT molecular complexity index is 1150. The Kier molecular flexibility index (Phi) is 8.00. The van der Waals surface area contributed by atoms with Crippen LogP contribution < -0.4 is 10.6 Å². The van der Waals surface area contributed by atoms with E-state index in [1.54, 1.807) is 11.8 Å². The molecular weight excluding hydrogens is 495 g/mol. The molecule has 2 N–H and O–H groups in total. The number of amides is 2. The summed E-state index contributed by atoms with van der Waals surface area (Å²) in [6, 6.07) is 12.7. The van der Waals surface area contributed by atoms with Crippen LogP contribution in [-0.2, 0) is 15.8 Å². The molecule has 0 spiro atoms. The summed E-state index contributed by atoms with van der Waals surface area (Å²) in [5.74, 6) is -1.55. The second-order valence-corrected chi connectivity index (χ2v) is 9.23. The Morgan fingerprint density at radius 3 is 2.58 bits per heavy atom. The minimum atomic E-state index is -4.66. The Hall–Kier alpha value is -2.61. The van der Waals surface area contributed by atoms with Gasteiger partial charge in [0.15, 0.2) is 0 Å². The van der Waals surface area contributed by atoms with Crippen LogP contribution in [0.25, 0.3) is 0 Å². The van der Waals surface area contributed by atoms with Crippen LogP contribution in [0.15, 0.2) is 58.0 Å². The average Bonchev–Trinajstić information content (AvgIpc) is 2.78. The molecule has 0 saturated heterocycles. The number of nitrogens with zero attached hydrogens (tertiary/aromatic N) is 1. The number of alkyl halides is 3. The first-order valence-electron chi connectivity index (χ1n) is 9.50. The number of halogens is 4.